The molecule has 1 unspecified atom stereocenters. The number of aliphatic hydroxyl groups excluding tert-OH is 1. The third-order valence-corrected chi connectivity index (χ3v) is 3.38. The first-order valence-electron chi connectivity index (χ1n) is 5.42. The molecule has 1 atom stereocenters. The Bertz CT molecular complexity index is 361. The van der Waals surface area contributed by atoms with Crippen LogP contribution in [0, 0.1) is 5.41 Å². The van der Waals surface area contributed by atoms with Crippen LogP contribution in [0.3, 0.4) is 0 Å². The Morgan fingerprint density at radius 2 is 2.06 bits per heavy atom. The van der Waals surface area contributed by atoms with Gasteiger partial charge in [-0.1, -0.05) is 47.4 Å². The highest BCUT2D eigenvalue weighted by molar-refractivity contribution is 9.10. The number of rotatable bonds is 4. The number of benzene rings is 1. The molecule has 0 heterocycles. The molecule has 0 radical (unpaired) electrons. The van der Waals surface area contributed by atoms with Gasteiger partial charge in [0.25, 0.3) is 0 Å². The zero-order valence-electron chi connectivity index (χ0n) is 9.93. The molecule has 16 heavy (non-hydrogen) atoms. The Hall–Kier alpha value is -0.0500. The molecule has 1 aromatic carbocycles. The predicted molar refractivity (Wildman–Crippen MR) is 72.9 cm³/mol. The zero-order chi connectivity index (χ0) is 12.3. The summed E-state index contributed by atoms with van der Waals surface area (Å²) in [4.78, 5) is 0. The lowest BCUT2D eigenvalue weighted by molar-refractivity contribution is 0.129. The maximum absolute atomic E-state index is 9.44. The van der Waals surface area contributed by atoms with Gasteiger partial charge < -0.3 is 5.11 Å². The van der Waals surface area contributed by atoms with Gasteiger partial charge in [0.15, 0.2) is 0 Å². The molecule has 90 valence electrons. The van der Waals surface area contributed by atoms with Crippen LogP contribution in [0.25, 0.3) is 0 Å². The van der Waals surface area contributed by atoms with Crippen molar-refractivity contribution in [2.45, 2.75) is 39.7 Å². The van der Waals surface area contributed by atoms with E-state index in [1.165, 1.54) is 0 Å². The van der Waals surface area contributed by atoms with Crippen LogP contribution in [0.4, 0.5) is 0 Å². The molecule has 0 aliphatic carbocycles. The Labute approximate surface area is 111 Å². The van der Waals surface area contributed by atoms with Crippen LogP contribution in [0.15, 0.2) is 22.7 Å². The van der Waals surface area contributed by atoms with E-state index in [0.717, 1.165) is 27.9 Å². The quantitative estimate of drug-likeness (QED) is 0.872. The minimum Gasteiger partial charge on any atom is -0.393 e. The van der Waals surface area contributed by atoms with Crippen LogP contribution in [0.2, 0.25) is 5.02 Å². The first kappa shape index (κ1) is 14.0. The summed E-state index contributed by atoms with van der Waals surface area (Å²) in [5.74, 6) is 0. The molecule has 0 aliphatic heterocycles. The van der Waals surface area contributed by atoms with E-state index in [1.54, 1.807) is 0 Å². The Morgan fingerprint density at radius 1 is 1.44 bits per heavy atom. The SMILES string of the molecule is CC(O)CC(C)(C)Cc1ccc(Br)cc1Cl. The van der Waals surface area contributed by atoms with Gasteiger partial charge in [-0.05, 0) is 42.9 Å². The lowest BCUT2D eigenvalue weighted by Crippen LogP contribution is -2.21. The number of halogens is 2. The second-order valence-corrected chi connectivity index (χ2v) is 6.45. The van der Waals surface area contributed by atoms with Crippen LogP contribution in [-0.2, 0) is 6.42 Å². The normalized spacial score (nSPS) is 13.9. The molecular formula is C13H18BrClO. The summed E-state index contributed by atoms with van der Waals surface area (Å²) in [7, 11) is 0. The zero-order valence-corrected chi connectivity index (χ0v) is 12.3. The third-order valence-electron chi connectivity index (χ3n) is 2.53. The lowest BCUT2D eigenvalue weighted by Gasteiger charge is -2.26. The van der Waals surface area contributed by atoms with E-state index < -0.39 is 0 Å². The maximum Gasteiger partial charge on any atom is 0.0517 e. The number of hydrogen-bond donors (Lipinski definition) is 1. The van der Waals surface area contributed by atoms with Gasteiger partial charge >= 0.3 is 0 Å². The second-order valence-electron chi connectivity index (χ2n) is 5.13. The van der Waals surface area contributed by atoms with Gasteiger partial charge in [0, 0.05) is 9.50 Å². The van der Waals surface area contributed by atoms with E-state index in [9.17, 15) is 5.11 Å². The van der Waals surface area contributed by atoms with Gasteiger partial charge in [-0.3, -0.25) is 0 Å². The molecule has 0 amide bonds. The summed E-state index contributed by atoms with van der Waals surface area (Å²) >= 11 is 9.57. The molecule has 0 bridgehead atoms. The van der Waals surface area contributed by atoms with Gasteiger partial charge in [-0.2, -0.15) is 0 Å². The van der Waals surface area contributed by atoms with Crippen molar-refractivity contribution >= 4 is 27.5 Å². The van der Waals surface area contributed by atoms with Crippen LogP contribution in [0.5, 0.6) is 0 Å². The van der Waals surface area contributed by atoms with Crippen LogP contribution >= 0.6 is 27.5 Å². The monoisotopic (exact) mass is 304 g/mol. The highest BCUT2D eigenvalue weighted by atomic mass is 79.9. The lowest BCUT2D eigenvalue weighted by atomic mass is 9.81. The minimum atomic E-state index is -0.274. The fraction of sp³-hybridized carbons (Fsp3) is 0.538. The van der Waals surface area contributed by atoms with E-state index in [0.29, 0.717) is 0 Å². The molecule has 0 aromatic heterocycles. The van der Waals surface area contributed by atoms with Crippen LogP contribution < -0.4 is 0 Å². The van der Waals surface area contributed by atoms with Gasteiger partial charge in [0.05, 0.1) is 6.10 Å². The van der Waals surface area contributed by atoms with Crippen molar-refractivity contribution in [3.05, 3.63) is 33.3 Å². The summed E-state index contributed by atoms with van der Waals surface area (Å²) < 4.78 is 0.995. The van der Waals surface area contributed by atoms with Crippen molar-refractivity contribution in [1.82, 2.24) is 0 Å². The van der Waals surface area contributed by atoms with Crippen molar-refractivity contribution in [1.29, 1.82) is 0 Å². The van der Waals surface area contributed by atoms with Crippen molar-refractivity contribution in [2.75, 3.05) is 0 Å². The summed E-state index contributed by atoms with van der Waals surface area (Å²) in [5.41, 5.74) is 1.20. The second kappa shape index (κ2) is 5.52. The smallest absolute Gasteiger partial charge is 0.0517 e. The van der Waals surface area contributed by atoms with Crippen molar-refractivity contribution < 1.29 is 5.11 Å². The molecule has 0 saturated carbocycles. The van der Waals surface area contributed by atoms with Crippen molar-refractivity contribution in [2.24, 2.45) is 5.41 Å². The summed E-state index contributed by atoms with van der Waals surface area (Å²) in [6.45, 7) is 6.13. The van der Waals surface area contributed by atoms with Crippen molar-refractivity contribution in [3.63, 3.8) is 0 Å². The molecule has 1 aromatic rings. The average Bonchev–Trinajstić information content (AvgIpc) is 2.07. The topological polar surface area (TPSA) is 20.2 Å². The third kappa shape index (κ3) is 4.44. The van der Waals surface area contributed by atoms with Gasteiger partial charge in [0.2, 0.25) is 0 Å². The first-order valence-corrected chi connectivity index (χ1v) is 6.59. The molecular weight excluding hydrogens is 287 g/mol. The van der Waals surface area contributed by atoms with Crippen LogP contribution in [-0.4, -0.2) is 11.2 Å². The van der Waals surface area contributed by atoms with E-state index in [1.807, 2.05) is 25.1 Å². The summed E-state index contributed by atoms with van der Waals surface area (Å²) in [6, 6.07) is 5.95. The van der Waals surface area contributed by atoms with Crippen molar-refractivity contribution in [3.8, 4) is 0 Å². The van der Waals surface area contributed by atoms with E-state index >= 15 is 0 Å². The standard InChI is InChI=1S/C13H18BrClO/c1-9(16)7-13(2,3)8-10-4-5-11(14)6-12(10)15/h4-6,9,16H,7-8H2,1-3H3. The fourth-order valence-electron chi connectivity index (χ4n) is 2.05. The minimum absolute atomic E-state index is 0.0611. The van der Waals surface area contributed by atoms with Gasteiger partial charge in [0.1, 0.15) is 0 Å². The highest BCUT2D eigenvalue weighted by Gasteiger charge is 2.21. The predicted octanol–water partition coefficient (Wildman–Crippen LogP) is 4.44. The highest BCUT2D eigenvalue weighted by Crippen LogP contribution is 2.31. The Balaban J connectivity index is 2.79. The van der Waals surface area contributed by atoms with Gasteiger partial charge in [-0.15, -0.1) is 0 Å². The molecule has 1 nitrogen and oxygen atoms in total. The molecule has 1 N–H and O–H groups in total. The first-order chi connectivity index (χ1) is 7.30. The molecule has 0 spiro atoms. The average molecular weight is 306 g/mol. The number of aliphatic hydroxyl groups is 1. The van der Waals surface area contributed by atoms with Gasteiger partial charge in [-0.25, -0.2) is 0 Å². The fourth-order valence-corrected chi connectivity index (χ4v) is 2.79. The maximum atomic E-state index is 9.44. The Kier molecular flexibility index (Phi) is 4.84. The molecule has 0 fully saturated rings. The van der Waals surface area contributed by atoms with E-state index in [-0.39, 0.29) is 11.5 Å². The molecule has 1 rings (SSSR count). The number of hydrogen-bond acceptors (Lipinski definition) is 1. The Morgan fingerprint density at radius 3 is 2.56 bits per heavy atom. The summed E-state index contributed by atoms with van der Waals surface area (Å²) in [5, 5.41) is 10.2. The van der Waals surface area contributed by atoms with E-state index in [2.05, 4.69) is 29.8 Å². The van der Waals surface area contributed by atoms with Crippen LogP contribution in [0.1, 0.15) is 32.8 Å². The molecule has 3 heteroatoms. The summed E-state index contributed by atoms with van der Waals surface area (Å²) in [6.07, 6.45) is 1.38. The molecule has 0 saturated heterocycles. The van der Waals surface area contributed by atoms with E-state index in [4.69, 9.17) is 11.6 Å². The molecule has 0 aliphatic rings. The largest absolute Gasteiger partial charge is 0.393 e.